The Morgan fingerprint density at radius 2 is 1.54 bits per heavy atom. The minimum absolute atomic E-state index is 0.238. The van der Waals surface area contributed by atoms with Gasteiger partial charge < -0.3 is 15.4 Å². The van der Waals surface area contributed by atoms with E-state index in [4.69, 9.17) is 4.74 Å². The van der Waals surface area contributed by atoms with Gasteiger partial charge in [-0.25, -0.2) is 0 Å². The lowest BCUT2D eigenvalue weighted by atomic mass is 10.0. The molecule has 1 saturated carbocycles. The molecule has 0 heterocycles. The Bertz CT molecular complexity index is 803. The summed E-state index contributed by atoms with van der Waals surface area (Å²) in [6, 6.07) is 13.0. The molecule has 0 aliphatic heterocycles. The zero-order chi connectivity index (χ0) is 18.7. The highest BCUT2D eigenvalue weighted by atomic mass is 16.5. The molecule has 0 spiro atoms. The number of carbonyl (C=O) groups excluding carboxylic acids is 2. The van der Waals surface area contributed by atoms with Gasteiger partial charge in [0.1, 0.15) is 11.2 Å². The van der Waals surface area contributed by atoms with E-state index < -0.39 is 5.41 Å². The molecule has 0 atom stereocenters. The smallest absolute Gasteiger partial charge is 0.240 e. The molecule has 2 amide bonds. The van der Waals surface area contributed by atoms with Crippen LogP contribution in [0.2, 0.25) is 0 Å². The maximum atomic E-state index is 12.8. The van der Waals surface area contributed by atoms with Crippen molar-refractivity contribution in [3.05, 3.63) is 53.6 Å². The molecule has 5 heteroatoms. The summed E-state index contributed by atoms with van der Waals surface area (Å²) >= 11 is 0. The summed E-state index contributed by atoms with van der Waals surface area (Å²) in [5.74, 6) is 0.253. The van der Waals surface area contributed by atoms with Crippen molar-refractivity contribution in [2.75, 3.05) is 17.2 Å². The lowest BCUT2D eigenvalue weighted by Gasteiger charge is -2.18. The van der Waals surface area contributed by atoms with E-state index in [-0.39, 0.29) is 11.8 Å². The number of nitrogens with one attached hydrogen (secondary N) is 2. The van der Waals surface area contributed by atoms with Gasteiger partial charge >= 0.3 is 0 Å². The van der Waals surface area contributed by atoms with Crippen molar-refractivity contribution in [3.8, 4) is 5.75 Å². The molecule has 0 aromatic heterocycles. The minimum atomic E-state index is -0.979. The lowest BCUT2D eigenvalue weighted by Crippen LogP contribution is -2.36. The van der Waals surface area contributed by atoms with E-state index in [1.54, 1.807) is 24.3 Å². The summed E-state index contributed by atoms with van der Waals surface area (Å²) in [4.78, 5) is 25.5. The van der Waals surface area contributed by atoms with Gasteiger partial charge in [-0.3, -0.25) is 9.59 Å². The topological polar surface area (TPSA) is 67.4 Å². The maximum Gasteiger partial charge on any atom is 0.240 e. The van der Waals surface area contributed by atoms with Gasteiger partial charge in [-0.1, -0.05) is 18.2 Å². The molecule has 0 saturated heterocycles. The van der Waals surface area contributed by atoms with Crippen molar-refractivity contribution in [2.45, 2.75) is 33.6 Å². The molecule has 0 radical (unpaired) electrons. The number of rotatable bonds is 6. The molecule has 136 valence electrons. The number of benzene rings is 2. The predicted molar refractivity (Wildman–Crippen MR) is 102 cm³/mol. The second kappa shape index (κ2) is 7.20. The van der Waals surface area contributed by atoms with Crippen LogP contribution in [-0.2, 0) is 9.59 Å². The summed E-state index contributed by atoms with van der Waals surface area (Å²) in [6.45, 7) is 6.40. The van der Waals surface area contributed by atoms with Gasteiger partial charge in [0.05, 0.1) is 6.61 Å². The first kappa shape index (κ1) is 18.0. The zero-order valence-electron chi connectivity index (χ0n) is 15.4. The molecule has 0 unspecified atom stereocenters. The molecule has 3 rings (SSSR count). The molecule has 2 aromatic carbocycles. The van der Waals surface area contributed by atoms with Crippen LogP contribution in [0, 0.1) is 19.3 Å². The second-order valence-electron chi connectivity index (χ2n) is 6.71. The summed E-state index contributed by atoms with van der Waals surface area (Å²) in [5.41, 5.74) is 2.44. The number of hydrogen-bond acceptors (Lipinski definition) is 3. The van der Waals surface area contributed by atoms with Crippen molar-refractivity contribution in [2.24, 2.45) is 5.41 Å². The highest BCUT2D eigenvalue weighted by molar-refractivity contribution is 6.17. The van der Waals surface area contributed by atoms with Crippen LogP contribution in [-0.4, -0.2) is 18.4 Å². The quantitative estimate of drug-likeness (QED) is 0.771. The van der Waals surface area contributed by atoms with Gasteiger partial charge in [-0.2, -0.15) is 0 Å². The third kappa shape index (κ3) is 3.57. The van der Waals surface area contributed by atoms with Crippen LogP contribution >= 0.6 is 0 Å². The van der Waals surface area contributed by atoms with Crippen LogP contribution in [0.5, 0.6) is 5.75 Å². The normalized spacial score (nSPS) is 14.4. The molecular weight excluding hydrogens is 328 g/mol. The van der Waals surface area contributed by atoms with Crippen LogP contribution < -0.4 is 15.4 Å². The van der Waals surface area contributed by atoms with Gasteiger partial charge in [0.2, 0.25) is 11.8 Å². The Morgan fingerprint density at radius 1 is 0.962 bits per heavy atom. The summed E-state index contributed by atoms with van der Waals surface area (Å²) in [5, 5.41) is 5.81. The Kier molecular flexibility index (Phi) is 4.98. The Balaban J connectivity index is 1.69. The van der Waals surface area contributed by atoms with Gasteiger partial charge in [0.25, 0.3) is 0 Å². The molecule has 26 heavy (non-hydrogen) atoms. The van der Waals surface area contributed by atoms with Crippen LogP contribution in [0.4, 0.5) is 11.4 Å². The van der Waals surface area contributed by atoms with E-state index >= 15 is 0 Å². The summed E-state index contributed by atoms with van der Waals surface area (Å²) in [6.07, 6.45) is 1.12. The number of ether oxygens (including phenoxy) is 1. The predicted octanol–water partition coefficient (Wildman–Crippen LogP) is 4.06. The second-order valence-corrected chi connectivity index (χ2v) is 6.71. The monoisotopic (exact) mass is 352 g/mol. The largest absolute Gasteiger partial charge is 0.494 e. The van der Waals surface area contributed by atoms with E-state index in [9.17, 15) is 9.59 Å². The number of para-hydroxylation sites is 1. The first-order valence-corrected chi connectivity index (χ1v) is 8.88. The molecule has 1 fully saturated rings. The van der Waals surface area contributed by atoms with Crippen LogP contribution in [0.15, 0.2) is 42.5 Å². The summed E-state index contributed by atoms with van der Waals surface area (Å²) < 4.78 is 5.40. The summed E-state index contributed by atoms with van der Waals surface area (Å²) in [7, 11) is 0. The molecule has 0 bridgehead atoms. The Hall–Kier alpha value is -2.82. The van der Waals surface area contributed by atoms with E-state index in [1.807, 2.05) is 39.0 Å². The number of aryl methyl sites for hydroxylation is 2. The van der Waals surface area contributed by atoms with Crippen LogP contribution in [0.1, 0.15) is 30.9 Å². The van der Waals surface area contributed by atoms with E-state index in [1.165, 1.54) is 0 Å². The molecule has 2 N–H and O–H groups in total. The number of hydrogen-bond donors (Lipinski definition) is 2. The number of amides is 2. The number of anilines is 2. The van der Waals surface area contributed by atoms with E-state index in [0.29, 0.717) is 25.1 Å². The molecule has 1 aliphatic rings. The lowest BCUT2D eigenvalue weighted by molar-refractivity contribution is -0.131. The van der Waals surface area contributed by atoms with Crippen molar-refractivity contribution in [3.63, 3.8) is 0 Å². The Labute approximate surface area is 153 Å². The average Bonchev–Trinajstić information content (AvgIpc) is 3.42. The van der Waals surface area contributed by atoms with Gasteiger partial charge in [-0.05, 0) is 69.0 Å². The van der Waals surface area contributed by atoms with Crippen molar-refractivity contribution in [1.29, 1.82) is 0 Å². The van der Waals surface area contributed by atoms with Gasteiger partial charge in [0.15, 0.2) is 0 Å². The minimum Gasteiger partial charge on any atom is -0.494 e. The third-order valence-electron chi connectivity index (χ3n) is 4.76. The van der Waals surface area contributed by atoms with E-state index in [2.05, 4.69) is 10.6 Å². The first-order valence-electron chi connectivity index (χ1n) is 8.88. The van der Waals surface area contributed by atoms with E-state index in [0.717, 1.165) is 22.6 Å². The number of carbonyl (C=O) groups is 2. The Morgan fingerprint density at radius 3 is 2.08 bits per heavy atom. The fraction of sp³-hybridized carbons (Fsp3) is 0.333. The molecule has 2 aromatic rings. The van der Waals surface area contributed by atoms with Crippen molar-refractivity contribution < 1.29 is 14.3 Å². The molecule has 5 nitrogen and oxygen atoms in total. The van der Waals surface area contributed by atoms with Gasteiger partial charge in [-0.15, -0.1) is 0 Å². The fourth-order valence-electron chi connectivity index (χ4n) is 2.98. The standard InChI is InChI=1S/C21H24N2O3/c1-4-26-17-10-8-16(9-11-17)22-19(24)21(12-13-21)20(25)23-18-14(2)6-5-7-15(18)3/h5-11H,4,12-13H2,1-3H3,(H,22,24)(H,23,25). The third-order valence-corrected chi connectivity index (χ3v) is 4.76. The highest BCUT2D eigenvalue weighted by Crippen LogP contribution is 2.47. The van der Waals surface area contributed by atoms with Crippen molar-refractivity contribution in [1.82, 2.24) is 0 Å². The van der Waals surface area contributed by atoms with Crippen LogP contribution in [0.3, 0.4) is 0 Å². The van der Waals surface area contributed by atoms with Crippen molar-refractivity contribution >= 4 is 23.2 Å². The molecular formula is C21H24N2O3. The SMILES string of the molecule is CCOc1ccc(NC(=O)C2(C(=O)Nc3c(C)cccc3C)CC2)cc1. The zero-order valence-corrected chi connectivity index (χ0v) is 15.4. The highest BCUT2D eigenvalue weighted by Gasteiger charge is 2.56. The first-order chi connectivity index (χ1) is 12.5. The van der Waals surface area contributed by atoms with Gasteiger partial charge in [0, 0.05) is 11.4 Å². The fourth-order valence-corrected chi connectivity index (χ4v) is 2.98. The average molecular weight is 352 g/mol. The van der Waals surface area contributed by atoms with Crippen LogP contribution in [0.25, 0.3) is 0 Å². The molecule has 1 aliphatic carbocycles. The maximum absolute atomic E-state index is 12.8.